The maximum atomic E-state index is 10.00. The minimum atomic E-state index is 0.216. The second-order valence-corrected chi connectivity index (χ2v) is 5.17. The maximum absolute atomic E-state index is 10.00. The number of rotatable bonds is 3. The van der Waals surface area contributed by atoms with Crippen LogP contribution >= 0.6 is 0 Å². The first-order chi connectivity index (χ1) is 9.78. The lowest BCUT2D eigenvalue weighted by Crippen LogP contribution is -2.31. The Kier molecular flexibility index (Phi) is 3.61. The minimum Gasteiger partial charge on any atom is -0.504 e. The van der Waals surface area contributed by atoms with Crippen molar-refractivity contribution in [2.45, 2.75) is 18.9 Å². The van der Waals surface area contributed by atoms with Crippen molar-refractivity contribution in [3.05, 3.63) is 59.2 Å². The van der Waals surface area contributed by atoms with Crippen molar-refractivity contribution < 1.29 is 9.84 Å². The molecule has 1 aliphatic rings. The molecular weight excluding hydrogens is 250 g/mol. The second-order valence-electron chi connectivity index (χ2n) is 5.17. The topological polar surface area (TPSA) is 41.5 Å². The van der Waals surface area contributed by atoms with Gasteiger partial charge in [-0.3, -0.25) is 0 Å². The fourth-order valence-electron chi connectivity index (χ4n) is 2.85. The number of nitrogens with one attached hydrogen (secondary N) is 1. The lowest BCUT2D eigenvalue weighted by atomic mass is 9.90. The molecule has 0 spiro atoms. The van der Waals surface area contributed by atoms with E-state index in [2.05, 4.69) is 29.6 Å². The zero-order valence-electron chi connectivity index (χ0n) is 11.6. The standard InChI is InChI=1S/C17H19NO2/c1-20-17-10-13-7-8-18-15(14(13)11-16(17)19)9-12-5-3-2-4-6-12/h2-6,10-11,15,18-19H,7-9H2,1H3. The monoisotopic (exact) mass is 269 g/mol. The summed E-state index contributed by atoms with van der Waals surface area (Å²) in [5, 5.41) is 13.5. The van der Waals surface area contributed by atoms with E-state index in [0.29, 0.717) is 5.75 Å². The molecule has 0 fully saturated rings. The van der Waals surface area contributed by atoms with E-state index in [0.717, 1.165) is 19.4 Å². The molecule has 1 heterocycles. The van der Waals surface area contributed by atoms with Gasteiger partial charge in [-0.05, 0) is 48.2 Å². The predicted octanol–water partition coefficient (Wildman–Crippen LogP) is 2.83. The highest BCUT2D eigenvalue weighted by Gasteiger charge is 2.22. The van der Waals surface area contributed by atoms with Crippen molar-refractivity contribution >= 4 is 0 Å². The van der Waals surface area contributed by atoms with Gasteiger partial charge in [-0.1, -0.05) is 30.3 Å². The number of hydrogen-bond donors (Lipinski definition) is 2. The third-order valence-corrected chi connectivity index (χ3v) is 3.88. The van der Waals surface area contributed by atoms with E-state index in [9.17, 15) is 5.11 Å². The third-order valence-electron chi connectivity index (χ3n) is 3.88. The number of aromatic hydroxyl groups is 1. The quantitative estimate of drug-likeness (QED) is 0.900. The normalized spacial score (nSPS) is 17.6. The van der Waals surface area contributed by atoms with Gasteiger partial charge in [0.15, 0.2) is 11.5 Å². The van der Waals surface area contributed by atoms with Gasteiger partial charge in [0, 0.05) is 6.04 Å². The number of ether oxygens (including phenoxy) is 1. The summed E-state index contributed by atoms with van der Waals surface area (Å²) in [6, 6.07) is 14.5. The van der Waals surface area contributed by atoms with Crippen LogP contribution in [0.25, 0.3) is 0 Å². The molecule has 2 aromatic carbocycles. The molecule has 3 nitrogen and oxygen atoms in total. The van der Waals surface area contributed by atoms with Gasteiger partial charge in [-0.15, -0.1) is 0 Å². The van der Waals surface area contributed by atoms with E-state index in [1.807, 2.05) is 18.2 Å². The summed E-state index contributed by atoms with van der Waals surface area (Å²) in [4.78, 5) is 0. The Labute approximate surface area is 119 Å². The second kappa shape index (κ2) is 5.55. The highest BCUT2D eigenvalue weighted by Crippen LogP contribution is 2.35. The first-order valence-electron chi connectivity index (χ1n) is 6.95. The van der Waals surface area contributed by atoms with Crippen LogP contribution < -0.4 is 10.1 Å². The molecule has 104 valence electrons. The first-order valence-corrected chi connectivity index (χ1v) is 6.95. The molecule has 1 atom stereocenters. The molecule has 2 N–H and O–H groups in total. The molecule has 0 aliphatic carbocycles. The summed E-state index contributed by atoms with van der Waals surface area (Å²) in [6.07, 6.45) is 1.90. The highest BCUT2D eigenvalue weighted by atomic mass is 16.5. The van der Waals surface area contributed by atoms with Crippen LogP contribution in [0, 0.1) is 0 Å². The summed E-state index contributed by atoms with van der Waals surface area (Å²) in [5.74, 6) is 0.775. The molecule has 2 aromatic rings. The zero-order valence-corrected chi connectivity index (χ0v) is 11.6. The van der Waals surface area contributed by atoms with Gasteiger partial charge in [0.05, 0.1) is 7.11 Å². The van der Waals surface area contributed by atoms with E-state index in [1.165, 1.54) is 16.7 Å². The van der Waals surface area contributed by atoms with Gasteiger partial charge in [0.1, 0.15) is 0 Å². The average Bonchev–Trinajstić information content (AvgIpc) is 2.48. The van der Waals surface area contributed by atoms with E-state index in [1.54, 1.807) is 7.11 Å². The van der Waals surface area contributed by atoms with Crippen LogP contribution in [0.2, 0.25) is 0 Å². The molecule has 1 unspecified atom stereocenters. The molecule has 3 rings (SSSR count). The van der Waals surface area contributed by atoms with E-state index in [4.69, 9.17) is 4.74 Å². The number of benzene rings is 2. The van der Waals surface area contributed by atoms with Gasteiger partial charge in [-0.2, -0.15) is 0 Å². The molecule has 0 radical (unpaired) electrons. The van der Waals surface area contributed by atoms with Crippen LogP contribution in [0.15, 0.2) is 42.5 Å². The molecule has 3 heteroatoms. The third kappa shape index (κ3) is 2.49. The Morgan fingerprint density at radius 1 is 1.25 bits per heavy atom. The molecule has 0 saturated heterocycles. The van der Waals surface area contributed by atoms with Crippen LogP contribution in [-0.4, -0.2) is 18.8 Å². The summed E-state index contributed by atoms with van der Waals surface area (Å²) in [7, 11) is 1.59. The highest BCUT2D eigenvalue weighted by molar-refractivity contribution is 5.49. The van der Waals surface area contributed by atoms with Crippen molar-refractivity contribution in [3.63, 3.8) is 0 Å². The Morgan fingerprint density at radius 2 is 2.05 bits per heavy atom. The van der Waals surface area contributed by atoms with Gasteiger partial charge in [0.25, 0.3) is 0 Å². The molecule has 20 heavy (non-hydrogen) atoms. The average molecular weight is 269 g/mol. The van der Waals surface area contributed by atoms with Crippen LogP contribution in [0.5, 0.6) is 11.5 Å². The van der Waals surface area contributed by atoms with E-state index < -0.39 is 0 Å². The summed E-state index contributed by atoms with van der Waals surface area (Å²) in [6.45, 7) is 0.957. The Balaban J connectivity index is 1.91. The first kappa shape index (κ1) is 13.0. The Morgan fingerprint density at radius 3 is 2.80 bits per heavy atom. The zero-order chi connectivity index (χ0) is 13.9. The SMILES string of the molecule is COc1cc2c(cc1O)C(Cc1ccccc1)NCC2. The largest absolute Gasteiger partial charge is 0.504 e. The molecular formula is C17H19NO2. The number of methoxy groups -OCH3 is 1. The van der Waals surface area contributed by atoms with Crippen molar-refractivity contribution in [2.75, 3.05) is 13.7 Å². The molecule has 0 saturated carbocycles. The molecule has 1 aliphatic heterocycles. The van der Waals surface area contributed by atoms with E-state index in [-0.39, 0.29) is 11.8 Å². The summed E-state index contributed by atoms with van der Waals surface area (Å²) >= 11 is 0. The van der Waals surface area contributed by atoms with Gasteiger partial charge in [-0.25, -0.2) is 0 Å². The minimum absolute atomic E-state index is 0.216. The molecule has 0 amide bonds. The number of fused-ring (bicyclic) bond motifs is 1. The van der Waals surface area contributed by atoms with Gasteiger partial charge < -0.3 is 15.2 Å². The van der Waals surface area contributed by atoms with Crippen molar-refractivity contribution in [1.82, 2.24) is 5.32 Å². The van der Waals surface area contributed by atoms with Gasteiger partial charge >= 0.3 is 0 Å². The number of phenols is 1. The van der Waals surface area contributed by atoms with Gasteiger partial charge in [0.2, 0.25) is 0 Å². The van der Waals surface area contributed by atoms with E-state index >= 15 is 0 Å². The summed E-state index contributed by atoms with van der Waals surface area (Å²) in [5.41, 5.74) is 3.74. The maximum Gasteiger partial charge on any atom is 0.160 e. The number of hydrogen-bond acceptors (Lipinski definition) is 3. The van der Waals surface area contributed by atoms with Crippen LogP contribution in [0.4, 0.5) is 0 Å². The number of phenolic OH excluding ortho intramolecular Hbond substituents is 1. The van der Waals surface area contributed by atoms with Crippen LogP contribution in [-0.2, 0) is 12.8 Å². The lowest BCUT2D eigenvalue weighted by molar-refractivity contribution is 0.370. The fraction of sp³-hybridized carbons (Fsp3) is 0.294. The molecule has 0 aromatic heterocycles. The fourth-order valence-corrected chi connectivity index (χ4v) is 2.85. The van der Waals surface area contributed by atoms with Crippen molar-refractivity contribution in [2.24, 2.45) is 0 Å². The predicted molar refractivity (Wildman–Crippen MR) is 79.3 cm³/mol. The smallest absolute Gasteiger partial charge is 0.160 e. The van der Waals surface area contributed by atoms with Crippen LogP contribution in [0.1, 0.15) is 22.7 Å². The summed E-state index contributed by atoms with van der Waals surface area (Å²) < 4.78 is 5.19. The molecule has 0 bridgehead atoms. The lowest BCUT2D eigenvalue weighted by Gasteiger charge is -2.28. The van der Waals surface area contributed by atoms with Crippen LogP contribution in [0.3, 0.4) is 0 Å². The Bertz CT molecular complexity index is 595. The Hall–Kier alpha value is -2.00. The van der Waals surface area contributed by atoms with Crippen molar-refractivity contribution in [1.29, 1.82) is 0 Å². The van der Waals surface area contributed by atoms with Crippen molar-refractivity contribution in [3.8, 4) is 11.5 Å².